The van der Waals surface area contributed by atoms with Gasteiger partial charge in [-0.1, -0.05) is 13.8 Å². The van der Waals surface area contributed by atoms with Crippen molar-refractivity contribution in [3.63, 3.8) is 0 Å². The topological polar surface area (TPSA) is 32.5 Å². The summed E-state index contributed by atoms with van der Waals surface area (Å²) in [5.74, 6) is 0. The van der Waals surface area contributed by atoms with Gasteiger partial charge in [0.15, 0.2) is 0 Å². The molecule has 0 saturated heterocycles. The van der Waals surface area contributed by atoms with Gasteiger partial charge in [-0.05, 0) is 71.8 Å². The molecule has 0 heterocycles. The number of nitrogens with zero attached hydrogens (tertiary/aromatic N) is 2. The highest BCUT2D eigenvalue weighted by molar-refractivity contribution is 4.97. The summed E-state index contributed by atoms with van der Waals surface area (Å²) < 4.78 is 0. The largest absolute Gasteiger partial charge is 0.330 e. The number of hydrogen-bond donors (Lipinski definition) is 1. The fourth-order valence-electron chi connectivity index (χ4n) is 2.84. The molecule has 0 aromatic carbocycles. The third-order valence-corrected chi connectivity index (χ3v) is 4.74. The van der Waals surface area contributed by atoms with E-state index in [0.717, 1.165) is 6.54 Å². The van der Waals surface area contributed by atoms with Crippen molar-refractivity contribution in [2.45, 2.75) is 51.5 Å². The lowest BCUT2D eigenvalue weighted by Crippen LogP contribution is -2.56. The lowest BCUT2D eigenvalue weighted by atomic mass is 9.75. The van der Waals surface area contributed by atoms with Crippen molar-refractivity contribution in [2.24, 2.45) is 11.1 Å². The van der Waals surface area contributed by atoms with Crippen LogP contribution in [0.15, 0.2) is 0 Å². The van der Waals surface area contributed by atoms with Crippen molar-refractivity contribution in [3.05, 3.63) is 0 Å². The molecule has 0 bridgehead atoms. The lowest BCUT2D eigenvalue weighted by molar-refractivity contribution is 0.0269. The third kappa shape index (κ3) is 4.22. The molecule has 0 radical (unpaired) electrons. The molecule has 18 heavy (non-hydrogen) atoms. The van der Waals surface area contributed by atoms with E-state index in [1.807, 2.05) is 0 Å². The summed E-state index contributed by atoms with van der Waals surface area (Å²) in [4.78, 5) is 4.93. The Morgan fingerprint density at radius 1 is 1.17 bits per heavy atom. The van der Waals surface area contributed by atoms with Crippen molar-refractivity contribution in [1.29, 1.82) is 0 Å². The minimum absolute atomic E-state index is 0.302. The predicted octanol–water partition coefficient (Wildman–Crippen LogP) is 2.17. The summed E-state index contributed by atoms with van der Waals surface area (Å²) in [6.07, 6.45) is 6.59. The van der Waals surface area contributed by atoms with Crippen molar-refractivity contribution < 1.29 is 0 Å². The molecule has 0 spiro atoms. The van der Waals surface area contributed by atoms with Gasteiger partial charge < -0.3 is 15.5 Å². The molecule has 1 saturated carbocycles. The van der Waals surface area contributed by atoms with Gasteiger partial charge >= 0.3 is 0 Å². The lowest BCUT2D eigenvalue weighted by Gasteiger charge is -2.49. The Hall–Kier alpha value is -0.120. The molecule has 0 aromatic heterocycles. The Labute approximate surface area is 114 Å². The summed E-state index contributed by atoms with van der Waals surface area (Å²) in [6, 6.07) is 0. The van der Waals surface area contributed by atoms with Gasteiger partial charge in [-0.2, -0.15) is 0 Å². The zero-order chi connectivity index (χ0) is 13.8. The van der Waals surface area contributed by atoms with Crippen molar-refractivity contribution in [2.75, 3.05) is 40.8 Å². The molecule has 0 aliphatic heterocycles. The van der Waals surface area contributed by atoms with Crippen LogP contribution in [0.1, 0.15) is 46.0 Å². The van der Waals surface area contributed by atoms with E-state index >= 15 is 0 Å². The van der Waals surface area contributed by atoms with Gasteiger partial charge in [0.2, 0.25) is 0 Å². The van der Waals surface area contributed by atoms with E-state index in [1.54, 1.807) is 0 Å². The Bertz CT molecular complexity index is 244. The minimum atomic E-state index is 0.302. The monoisotopic (exact) mass is 255 g/mol. The SMILES string of the molecule is CN(CCCC(C)(C)CN)CC1(N(C)C)CCC1. The quantitative estimate of drug-likeness (QED) is 0.721. The van der Waals surface area contributed by atoms with E-state index in [4.69, 9.17) is 5.73 Å². The molecule has 0 amide bonds. The molecule has 1 rings (SSSR count). The average Bonchev–Trinajstić information content (AvgIpc) is 2.22. The normalized spacial score (nSPS) is 19.3. The number of rotatable bonds is 8. The van der Waals surface area contributed by atoms with E-state index in [9.17, 15) is 0 Å². The number of hydrogen-bond acceptors (Lipinski definition) is 3. The first kappa shape index (κ1) is 15.9. The Morgan fingerprint density at radius 2 is 1.78 bits per heavy atom. The highest BCUT2D eigenvalue weighted by Gasteiger charge is 2.39. The van der Waals surface area contributed by atoms with Crippen LogP contribution in [0.5, 0.6) is 0 Å². The maximum atomic E-state index is 5.78. The van der Waals surface area contributed by atoms with E-state index < -0.39 is 0 Å². The summed E-state index contributed by atoms with van der Waals surface area (Å²) in [7, 11) is 6.72. The zero-order valence-corrected chi connectivity index (χ0v) is 13.1. The van der Waals surface area contributed by atoms with Crippen molar-refractivity contribution >= 4 is 0 Å². The van der Waals surface area contributed by atoms with Gasteiger partial charge in [-0.15, -0.1) is 0 Å². The summed E-state index contributed by atoms with van der Waals surface area (Å²) >= 11 is 0. The first-order valence-corrected chi connectivity index (χ1v) is 7.37. The molecule has 3 nitrogen and oxygen atoms in total. The van der Waals surface area contributed by atoms with E-state index in [-0.39, 0.29) is 0 Å². The first-order valence-electron chi connectivity index (χ1n) is 7.37. The van der Waals surface area contributed by atoms with Gasteiger partial charge in [-0.3, -0.25) is 0 Å². The van der Waals surface area contributed by atoms with Gasteiger partial charge in [0, 0.05) is 12.1 Å². The molecule has 0 atom stereocenters. The fourth-order valence-corrected chi connectivity index (χ4v) is 2.84. The van der Waals surface area contributed by atoms with Crippen LogP contribution in [-0.2, 0) is 0 Å². The smallest absolute Gasteiger partial charge is 0.0330 e. The molecular formula is C15H33N3. The molecule has 0 aromatic rings. The van der Waals surface area contributed by atoms with Crippen LogP contribution < -0.4 is 5.73 Å². The summed E-state index contributed by atoms with van der Waals surface area (Å²) in [5.41, 5.74) is 6.53. The molecule has 2 N–H and O–H groups in total. The van der Waals surface area contributed by atoms with E-state index in [0.29, 0.717) is 11.0 Å². The molecular weight excluding hydrogens is 222 g/mol. The Morgan fingerprint density at radius 3 is 2.17 bits per heavy atom. The van der Waals surface area contributed by atoms with E-state index in [2.05, 4.69) is 44.8 Å². The van der Waals surface area contributed by atoms with Crippen LogP contribution in [-0.4, -0.2) is 56.1 Å². The second kappa shape index (κ2) is 6.36. The maximum absolute atomic E-state index is 5.78. The second-order valence-corrected chi connectivity index (χ2v) is 7.18. The fraction of sp³-hybridized carbons (Fsp3) is 1.00. The minimum Gasteiger partial charge on any atom is -0.330 e. The Kier molecular flexibility index (Phi) is 5.63. The van der Waals surface area contributed by atoms with Gasteiger partial charge in [0.25, 0.3) is 0 Å². The number of nitrogens with two attached hydrogens (primary N) is 1. The highest BCUT2D eigenvalue weighted by atomic mass is 15.2. The van der Waals surface area contributed by atoms with Crippen LogP contribution >= 0.6 is 0 Å². The van der Waals surface area contributed by atoms with Crippen LogP contribution in [0.25, 0.3) is 0 Å². The Balaban J connectivity index is 2.27. The van der Waals surface area contributed by atoms with Gasteiger partial charge in [0.1, 0.15) is 0 Å². The van der Waals surface area contributed by atoms with Crippen molar-refractivity contribution in [3.8, 4) is 0 Å². The van der Waals surface area contributed by atoms with Crippen LogP contribution in [0, 0.1) is 5.41 Å². The zero-order valence-electron chi connectivity index (χ0n) is 13.1. The van der Waals surface area contributed by atoms with Gasteiger partial charge in [0.05, 0.1) is 0 Å². The van der Waals surface area contributed by atoms with Crippen LogP contribution in [0.3, 0.4) is 0 Å². The highest BCUT2D eigenvalue weighted by Crippen LogP contribution is 2.36. The molecule has 1 aliphatic carbocycles. The molecule has 1 aliphatic rings. The standard InChI is InChI=1S/C15H33N3/c1-14(2,12-16)8-7-11-18(5)13-15(17(3)4)9-6-10-15/h6-13,16H2,1-5H3. The average molecular weight is 255 g/mol. The summed E-state index contributed by atoms with van der Waals surface area (Å²) in [5, 5.41) is 0. The van der Waals surface area contributed by atoms with Gasteiger partial charge in [-0.25, -0.2) is 0 Å². The molecule has 3 heteroatoms. The molecule has 108 valence electrons. The molecule has 0 unspecified atom stereocenters. The third-order valence-electron chi connectivity index (χ3n) is 4.74. The number of likely N-dealkylation sites (N-methyl/N-ethyl adjacent to an activating group) is 2. The van der Waals surface area contributed by atoms with E-state index in [1.165, 1.54) is 45.2 Å². The van der Waals surface area contributed by atoms with Crippen LogP contribution in [0.2, 0.25) is 0 Å². The van der Waals surface area contributed by atoms with Crippen molar-refractivity contribution in [1.82, 2.24) is 9.80 Å². The maximum Gasteiger partial charge on any atom is 0.0330 e. The summed E-state index contributed by atoms with van der Waals surface area (Å²) in [6.45, 7) is 7.72. The first-order chi connectivity index (χ1) is 8.31. The van der Waals surface area contributed by atoms with Crippen LogP contribution in [0.4, 0.5) is 0 Å². The molecule has 1 fully saturated rings. The second-order valence-electron chi connectivity index (χ2n) is 7.18. The predicted molar refractivity (Wildman–Crippen MR) is 79.8 cm³/mol.